The first-order valence-corrected chi connectivity index (χ1v) is 14.0. The molecule has 0 aliphatic heterocycles. The minimum atomic E-state index is -5.41. The molecule has 0 bridgehead atoms. The summed E-state index contributed by atoms with van der Waals surface area (Å²) in [7, 11) is 0. The third-order valence-corrected chi connectivity index (χ3v) is 7.81. The highest BCUT2D eigenvalue weighted by molar-refractivity contribution is 9.10. The van der Waals surface area contributed by atoms with E-state index < -0.39 is 63.1 Å². The normalized spacial score (nSPS) is 14.8. The maximum absolute atomic E-state index is 15.9. The average molecular weight is 716 g/mol. The summed E-state index contributed by atoms with van der Waals surface area (Å²) in [4.78, 5) is 27.8. The Balaban J connectivity index is 1.72. The highest BCUT2D eigenvalue weighted by Gasteiger charge is 2.54. The molecule has 1 saturated carbocycles. The molecule has 1 N–H and O–H groups in total. The lowest BCUT2D eigenvalue weighted by Crippen LogP contribution is -2.35. The van der Waals surface area contributed by atoms with Gasteiger partial charge in [0.05, 0.1) is 27.5 Å². The maximum Gasteiger partial charge on any atom is 0.426 e. The Morgan fingerprint density at radius 2 is 1.74 bits per heavy atom. The van der Waals surface area contributed by atoms with E-state index in [-0.39, 0.29) is 40.7 Å². The number of alkyl halides is 6. The number of hydrogen-bond donors (Lipinski definition) is 1. The number of nitrogens with one attached hydrogen (secondary N) is 1. The van der Waals surface area contributed by atoms with Gasteiger partial charge in [-0.25, -0.2) is 8.78 Å². The van der Waals surface area contributed by atoms with Crippen molar-refractivity contribution in [3.05, 3.63) is 85.6 Å². The number of anilines is 2. The summed E-state index contributed by atoms with van der Waals surface area (Å²) in [6, 6.07) is 8.70. The fraction of sp³-hybridized carbons (Fsp3) is 0.286. The molecule has 5 nitrogen and oxygen atoms in total. The molecule has 0 aromatic heterocycles. The number of rotatable bonds is 9. The van der Waals surface area contributed by atoms with Gasteiger partial charge in [0, 0.05) is 21.6 Å². The molecule has 1 unspecified atom stereocenters. The third kappa shape index (κ3) is 7.21. The molecule has 0 spiro atoms. The Bertz CT molecular complexity index is 1570. The van der Waals surface area contributed by atoms with Crippen molar-refractivity contribution in [3.8, 4) is 5.75 Å². The summed E-state index contributed by atoms with van der Waals surface area (Å²) >= 11 is 15.0. The standard InChI is InChI=1S/C28H20BrCl2F7N2O3/c1-27(35,28(36,37)38)14-9-18(29)23(21(10-14)43-26(33)34)39-24(41)17-3-2-4-20(22(17)32)40(12-13-5-6-13)25(42)16-8-7-15(30)11-19(16)31/h2-4,7-11,13,26H,5-6,12H2,1H3,(H,39,41). The third-order valence-electron chi connectivity index (χ3n) is 6.64. The molecule has 0 heterocycles. The van der Waals surface area contributed by atoms with Crippen LogP contribution in [0.2, 0.25) is 10.0 Å². The zero-order valence-corrected chi connectivity index (χ0v) is 24.9. The van der Waals surface area contributed by atoms with E-state index >= 15 is 4.39 Å². The summed E-state index contributed by atoms with van der Waals surface area (Å²) in [6.45, 7) is -3.29. The second kappa shape index (κ2) is 12.5. The van der Waals surface area contributed by atoms with Gasteiger partial charge in [-0.1, -0.05) is 29.3 Å². The molecule has 0 saturated heterocycles. The van der Waals surface area contributed by atoms with Crippen LogP contribution in [0, 0.1) is 11.7 Å². The fourth-order valence-corrected chi connectivity index (χ4v) is 5.10. The van der Waals surface area contributed by atoms with E-state index in [0.29, 0.717) is 12.1 Å². The highest BCUT2D eigenvalue weighted by atomic mass is 79.9. The van der Waals surface area contributed by atoms with Crippen LogP contribution < -0.4 is 15.0 Å². The Morgan fingerprint density at radius 3 is 2.33 bits per heavy atom. The van der Waals surface area contributed by atoms with Crippen LogP contribution in [-0.2, 0) is 5.67 Å². The predicted octanol–water partition coefficient (Wildman–Crippen LogP) is 9.55. The van der Waals surface area contributed by atoms with Crippen molar-refractivity contribution in [3.63, 3.8) is 0 Å². The van der Waals surface area contributed by atoms with E-state index in [0.717, 1.165) is 23.8 Å². The van der Waals surface area contributed by atoms with E-state index in [9.17, 15) is 35.9 Å². The Kier molecular flexibility index (Phi) is 9.58. The summed E-state index contributed by atoms with van der Waals surface area (Å²) in [5.74, 6) is -4.01. The minimum absolute atomic E-state index is 0.0161. The molecule has 4 rings (SSSR count). The zero-order valence-electron chi connectivity index (χ0n) is 21.8. The zero-order chi connectivity index (χ0) is 31.9. The van der Waals surface area contributed by atoms with Crippen LogP contribution in [0.1, 0.15) is 46.0 Å². The van der Waals surface area contributed by atoms with Gasteiger partial charge in [0.1, 0.15) is 0 Å². The van der Waals surface area contributed by atoms with Crippen LogP contribution in [0.3, 0.4) is 0 Å². The number of hydrogen-bond acceptors (Lipinski definition) is 3. The van der Waals surface area contributed by atoms with Crippen LogP contribution >= 0.6 is 39.1 Å². The van der Waals surface area contributed by atoms with Gasteiger partial charge < -0.3 is 15.0 Å². The summed E-state index contributed by atoms with van der Waals surface area (Å²) in [5.41, 5.74) is -6.58. The van der Waals surface area contributed by atoms with Gasteiger partial charge in [-0.2, -0.15) is 22.0 Å². The smallest absolute Gasteiger partial charge is 0.426 e. The first kappa shape index (κ1) is 32.9. The molecule has 15 heteroatoms. The largest absolute Gasteiger partial charge is 0.433 e. The quantitative estimate of drug-likeness (QED) is 0.225. The van der Waals surface area contributed by atoms with E-state index in [1.807, 2.05) is 0 Å². The maximum atomic E-state index is 15.9. The molecule has 1 aliphatic rings. The van der Waals surface area contributed by atoms with Crippen LogP contribution in [0.15, 0.2) is 53.0 Å². The predicted molar refractivity (Wildman–Crippen MR) is 151 cm³/mol. The first-order chi connectivity index (χ1) is 20.0. The van der Waals surface area contributed by atoms with Crippen molar-refractivity contribution in [1.29, 1.82) is 0 Å². The number of amides is 2. The highest BCUT2D eigenvalue weighted by Crippen LogP contribution is 2.46. The number of carbonyl (C=O) groups excluding carboxylic acids is 2. The summed E-state index contributed by atoms with van der Waals surface area (Å²) in [6.07, 6.45) is -3.85. The van der Waals surface area contributed by atoms with Crippen molar-refractivity contribution in [2.45, 2.75) is 38.2 Å². The minimum Gasteiger partial charge on any atom is -0.433 e. The fourth-order valence-electron chi connectivity index (χ4n) is 4.07. The van der Waals surface area contributed by atoms with E-state index in [4.69, 9.17) is 23.2 Å². The number of benzene rings is 3. The van der Waals surface area contributed by atoms with E-state index in [1.165, 1.54) is 30.3 Å². The molecule has 0 radical (unpaired) electrons. The van der Waals surface area contributed by atoms with Gasteiger partial charge in [0.15, 0.2) is 11.6 Å². The average Bonchev–Trinajstić information content (AvgIpc) is 3.72. The van der Waals surface area contributed by atoms with Gasteiger partial charge >= 0.3 is 12.8 Å². The van der Waals surface area contributed by atoms with Crippen molar-refractivity contribution >= 4 is 62.3 Å². The first-order valence-electron chi connectivity index (χ1n) is 12.4. The van der Waals surface area contributed by atoms with E-state index in [2.05, 4.69) is 26.0 Å². The molecule has 2 amide bonds. The molecule has 3 aromatic rings. The second-order valence-electron chi connectivity index (χ2n) is 9.79. The van der Waals surface area contributed by atoms with Crippen molar-refractivity contribution < 1.29 is 45.1 Å². The van der Waals surface area contributed by atoms with Gasteiger partial charge in [-0.3, -0.25) is 9.59 Å². The lowest BCUT2D eigenvalue weighted by atomic mass is 9.96. The molecular weight excluding hydrogens is 696 g/mol. The molecule has 1 atom stereocenters. The number of nitrogens with zero attached hydrogens (tertiary/aromatic N) is 1. The topological polar surface area (TPSA) is 58.6 Å². The van der Waals surface area contributed by atoms with Crippen LogP contribution in [0.25, 0.3) is 0 Å². The number of halogens is 10. The van der Waals surface area contributed by atoms with Crippen molar-refractivity contribution in [1.82, 2.24) is 0 Å². The van der Waals surface area contributed by atoms with Gasteiger partial charge in [0.25, 0.3) is 11.8 Å². The number of carbonyl (C=O) groups is 2. The molecule has 3 aromatic carbocycles. The van der Waals surface area contributed by atoms with Crippen LogP contribution in [-0.4, -0.2) is 31.1 Å². The lowest BCUT2D eigenvalue weighted by molar-refractivity contribution is -0.228. The van der Waals surface area contributed by atoms with E-state index in [1.54, 1.807) is 0 Å². The lowest BCUT2D eigenvalue weighted by Gasteiger charge is -2.26. The van der Waals surface area contributed by atoms with Crippen molar-refractivity contribution in [2.24, 2.45) is 5.92 Å². The SMILES string of the molecule is CC(F)(c1cc(Br)c(NC(=O)c2cccc(N(CC3CC3)C(=O)c3ccc(Cl)cc3Cl)c2F)c(OC(F)F)c1)C(F)(F)F. The van der Waals surface area contributed by atoms with Gasteiger partial charge in [-0.05, 0) is 84.1 Å². The van der Waals surface area contributed by atoms with Gasteiger partial charge in [0.2, 0.25) is 5.67 Å². The van der Waals surface area contributed by atoms with Crippen LogP contribution in [0.5, 0.6) is 5.75 Å². The molecule has 1 fully saturated rings. The molecule has 43 heavy (non-hydrogen) atoms. The van der Waals surface area contributed by atoms with Crippen molar-refractivity contribution in [2.75, 3.05) is 16.8 Å². The monoisotopic (exact) mass is 714 g/mol. The number of ether oxygens (including phenoxy) is 1. The Labute approximate surface area is 259 Å². The Morgan fingerprint density at radius 1 is 1.07 bits per heavy atom. The molecule has 1 aliphatic carbocycles. The summed E-state index contributed by atoms with van der Waals surface area (Å²) < 4.78 is 100. The Hall–Kier alpha value is -3.03. The molecule has 230 valence electrons. The second-order valence-corrected chi connectivity index (χ2v) is 11.5. The van der Waals surface area contributed by atoms with Crippen LogP contribution in [0.4, 0.5) is 42.1 Å². The summed E-state index contributed by atoms with van der Waals surface area (Å²) in [5, 5.41) is 2.41. The molecular formula is C28H20BrCl2F7N2O3. The van der Waals surface area contributed by atoms with Gasteiger partial charge in [-0.15, -0.1) is 0 Å².